The van der Waals surface area contributed by atoms with Gasteiger partial charge in [-0.05, 0) is 49.6 Å². The van der Waals surface area contributed by atoms with Crippen molar-refractivity contribution >= 4 is 11.8 Å². The summed E-state index contributed by atoms with van der Waals surface area (Å²) in [7, 11) is 1.79. The number of hydrogen-bond donors (Lipinski definition) is 1. The van der Waals surface area contributed by atoms with E-state index in [9.17, 15) is 9.59 Å². The van der Waals surface area contributed by atoms with Crippen LogP contribution in [0.2, 0.25) is 0 Å². The van der Waals surface area contributed by atoms with Crippen molar-refractivity contribution in [3.8, 4) is 5.82 Å². The van der Waals surface area contributed by atoms with Crippen molar-refractivity contribution in [1.29, 1.82) is 0 Å². The first kappa shape index (κ1) is 22.2. The molecule has 0 aliphatic heterocycles. The molecule has 0 saturated carbocycles. The third-order valence-electron chi connectivity index (χ3n) is 5.21. The van der Waals surface area contributed by atoms with Gasteiger partial charge in [-0.3, -0.25) is 9.59 Å². The first-order valence-electron chi connectivity index (χ1n) is 10.4. The summed E-state index contributed by atoms with van der Waals surface area (Å²) in [5, 5.41) is 7.35. The fourth-order valence-electron chi connectivity index (χ4n) is 3.23. The average molecular weight is 420 g/mol. The predicted molar refractivity (Wildman–Crippen MR) is 120 cm³/mol. The van der Waals surface area contributed by atoms with E-state index in [1.165, 1.54) is 0 Å². The number of rotatable bonds is 7. The van der Waals surface area contributed by atoms with Gasteiger partial charge in [0.1, 0.15) is 0 Å². The molecule has 2 aromatic heterocycles. The molecule has 1 N–H and O–H groups in total. The highest BCUT2D eigenvalue weighted by atomic mass is 16.2. The maximum absolute atomic E-state index is 12.9. The largest absolute Gasteiger partial charge is 0.348 e. The van der Waals surface area contributed by atoms with Crippen LogP contribution < -0.4 is 5.32 Å². The molecular formula is C24H29N5O2. The lowest BCUT2D eigenvalue weighted by molar-refractivity contribution is 0.0754. The van der Waals surface area contributed by atoms with Crippen molar-refractivity contribution < 1.29 is 9.59 Å². The van der Waals surface area contributed by atoms with Crippen LogP contribution in [0.25, 0.3) is 5.82 Å². The molecule has 1 aromatic carbocycles. The monoisotopic (exact) mass is 419 g/mol. The van der Waals surface area contributed by atoms with Crippen molar-refractivity contribution in [3.05, 3.63) is 77.2 Å². The SMILES string of the molecule is CC(C)c1c(C(=O)NCc2ccc(C(=O)N(C)C(C)C)cc2)cnn1-c1ccccn1. The number of pyridine rings is 1. The summed E-state index contributed by atoms with van der Waals surface area (Å²) in [6, 6.07) is 13.0. The van der Waals surface area contributed by atoms with E-state index in [1.807, 2.05) is 58.0 Å². The maximum atomic E-state index is 12.9. The molecule has 7 nitrogen and oxygen atoms in total. The quantitative estimate of drug-likeness (QED) is 0.632. The van der Waals surface area contributed by atoms with E-state index in [0.717, 1.165) is 11.3 Å². The smallest absolute Gasteiger partial charge is 0.255 e. The summed E-state index contributed by atoms with van der Waals surface area (Å²) in [5.74, 6) is 0.560. The average Bonchev–Trinajstić information content (AvgIpc) is 3.23. The highest BCUT2D eigenvalue weighted by Gasteiger charge is 2.21. The van der Waals surface area contributed by atoms with E-state index >= 15 is 0 Å². The highest BCUT2D eigenvalue weighted by Crippen LogP contribution is 2.22. The molecule has 0 radical (unpaired) electrons. The number of nitrogens with zero attached hydrogens (tertiary/aromatic N) is 4. The van der Waals surface area contributed by atoms with Crippen molar-refractivity contribution in [2.24, 2.45) is 0 Å². The molecule has 7 heteroatoms. The molecule has 0 spiro atoms. The molecule has 0 fully saturated rings. The fourth-order valence-corrected chi connectivity index (χ4v) is 3.23. The van der Waals surface area contributed by atoms with Crippen LogP contribution in [0.1, 0.15) is 65.6 Å². The zero-order valence-corrected chi connectivity index (χ0v) is 18.7. The predicted octanol–water partition coefficient (Wildman–Crippen LogP) is 3.80. The van der Waals surface area contributed by atoms with Gasteiger partial charge in [0.25, 0.3) is 11.8 Å². The summed E-state index contributed by atoms with van der Waals surface area (Å²) < 4.78 is 1.71. The normalized spacial score (nSPS) is 11.1. The standard InChI is InChI=1S/C24H29N5O2/c1-16(2)22-20(15-27-29(22)21-8-6-7-13-25-21)23(30)26-14-18-9-11-19(12-10-18)24(31)28(5)17(3)4/h6-13,15-17H,14H2,1-5H3,(H,26,30). The van der Waals surface area contributed by atoms with Crippen LogP contribution in [0.15, 0.2) is 54.9 Å². The summed E-state index contributed by atoms with van der Waals surface area (Å²) in [5.41, 5.74) is 2.89. The van der Waals surface area contributed by atoms with Gasteiger partial charge in [-0.2, -0.15) is 5.10 Å². The summed E-state index contributed by atoms with van der Waals surface area (Å²) >= 11 is 0. The number of hydrogen-bond acceptors (Lipinski definition) is 4. The van der Waals surface area contributed by atoms with E-state index in [0.29, 0.717) is 23.5 Å². The number of amides is 2. The van der Waals surface area contributed by atoms with Gasteiger partial charge in [-0.1, -0.05) is 32.0 Å². The molecule has 2 amide bonds. The number of carbonyl (C=O) groups excluding carboxylic acids is 2. The number of aromatic nitrogens is 3. The molecule has 31 heavy (non-hydrogen) atoms. The molecule has 0 atom stereocenters. The molecule has 3 rings (SSSR count). The summed E-state index contributed by atoms with van der Waals surface area (Å²) in [4.78, 5) is 31.3. The molecule has 0 aliphatic rings. The first-order chi connectivity index (χ1) is 14.8. The van der Waals surface area contributed by atoms with Gasteiger partial charge in [0.15, 0.2) is 5.82 Å². The van der Waals surface area contributed by atoms with Crippen molar-refractivity contribution in [3.63, 3.8) is 0 Å². The third kappa shape index (κ3) is 4.99. The summed E-state index contributed by atoms with van der Waals surface area (Å²) in [6.07, 6.45) is 3.29. The number of benzene rings is 1. The van der Waals surface area contributed by atoms with Gasteiger partial charge in [0, 0.05) is 31.4 Å². The number of nitrogens with one attached hydrogen (secondary N) is 1. The second kappa shape index (κ2) is 9.55. The molecule has 2 heterocycles. The van der Waals surface area contributed by atoms with E-state index in [1.54, 1.807) is 41.2 Å². The lowest BCUT2D eigenvalue weighted by atomic mass is 10.0. The van der Waals surface area contributed by atoms with E-state index in [-0.39, 0.29) is 23.8 Å². The zero-order valence-electron chi connectivity index (χ0n) is 18.7. The lowest BCUT2D eigenvalue weighted by Gasteiger charge is -2.21. The third-order valence-corrected chi connectivity index (χ3v) is 5.21. The minimum Gasteiger partial charge on any atom is -0.348 e. The Hall–Kier alpha value is -3.48. The van der Waals surface area contributed by atoms with Gasteiger partial charge in [0.05, 0.1) is 17.5 Å². The molecule has 0 bridgehead atoms. The van der Waals surface area contributed by atoms with Crippen molar-refractivity contribution in [2.45, 2.75) is 46.2 Å². The van der Waals surface area contributed by atoms with Crippen molar-refractivity contribution in [2.75, 3.05) is 7.05 Å². The van der Waals surface area contributed by atoms with Crippen LogP contribution in [0.5, 0.6) is 0 Å². The van der Waals surface area contributed by atoms with Gasteiger partial charge >= 0.3 is 0 Å². The van der Waals surface area contributed by atoms with Crippen LogP contribution in [0, 0.1) is 0 Å². The zero-order chi connectivity index (χ0) is 22.5. The lowest BCUT2D eigenvalue weighted by Crippen LogP contribution is -2.32. The second-order valence-electron chi connectivity index (χ2n) is 8.09. The van der Waals surface area contributed by atoms with Gasteiger partial charge in [0.2, 0.25) is 0 Å². The minimum atomic E-state index is -0.189. The Morgan fingerprint density at radius 3 is 2.35 bits per heavy atom. The Kier molecular flexibility index (Phi) is 6.84. The Bertz CT molecular complexity index is 1040. The molecule has 162 valence electrons. The highest BCUT2D eigenvalue weighted by molar-refractivity contribution is 5.95. The van der Waals surface area contributed by atoms with Crippen LogP contribution in [-0.2, 0) is 6.54 Å². The van der Waals surface area contributed by atoms with Crippen LogP contribution >= 0.6 is 0 Å². The van der Waals surface area contributed by atoms with Gasteiger partial charge < -0.3 is 10.2 Å². The Morgan fingerprint density at radius 2 is 1.77 bits per heavy atom. The molecule has 3 aromatic rings. The Labute approximate surface area is 183 Å². The molecule has 0 unspecified atom stereocenters. The van der Waals surface area contributed by atoms with E-state index in [2.05, 4.69) is 15.4 Å². The van der Waals surface area contributed by atoms with E-state index in [4.69, 9.17) is 0 Å². The topological polar surface area (TPSA) is 80.1 Å². The van der Waals surface area contributed by atoms with Crippen LogP contribution in [0.3, 0.4) is 0 Å². The summed E-state index contributed by atoms with van der Waals surface area (Å²) in [6.45, 7) is 8.36. The maximum Gasteiger partial charge on any atom is 0.255 e. The van der Waals surface area contributed by atoms with Crippen LogP contribution in [-0.4, -0.2) is 44.6 Å². The minimum absolute atomic E-state index is 0.0194. The first-order valence-corrected chi connectivity index (χ1v) is 10.4. The van der Waals surface area contributed by atoms with E-state index < -0.39 is 0 Å². The number of carbonyl (C=O) groups is 2. The fraction of sp³-hybridized carbons (Fsp3) is 0.333. The molecular weight excluding hydrogens is 390 g/mol. The Morgan fingerprint density at radius 1 is 1.06 bits per heavy atom. The van der Waals surface area contributed by atoms with Gasteiger partial charge in [-0.25, -0.2) is 9.67 Å². The van der Waals surface area contributed by atoms with Crippen LogP contribution in [0.4, 0.5) is 0 Å². The molecule has 0 saturated heterocycles. The van der Waals surface area contributed by atoms with Gasteiger partial charge in [-0.15, -0.1) is 0 Å². The van der Waals surface area contributed by atoms with Crippen molar-refractivity contribution in [1.82, 2.24) is 25.0 Å². The Balaban J connectivity index is 1.71. The second-order valence-corrected chi connectivity index (χ2v) is 8.09. The molecule has 0 aliphatic carbocycles.